The molecule has 5 nitrogen and oxygen atoms in total. The lowest BCUT2D eigenvalue weighted by molar-refractivity contribution is 0.102. The fourth-order valence-electron chi connectivity index (χ4n) is 4.17. The van der Waals surface area contributed by atoms with Crippen LogP contribution < -0.4 is 15.8 Å². The summed E-state index contributed by atoms with van der Waals surface area (Å²) in [6.45, 7) is 4.22. The number of hydrogen-bond donors (Lipinski definition) is 3. The van der Waals surface area contributed by atoms with Crippen LogP contribution in [-0.2, 0) is 0 Å². The number of amides is 1. The second-order valence-electron chi connectivity index (χ2n) is 9.02. The summed E-state index contributed by atoms with van der Waals surface area (Å²) >= 11 is 0. The number of allylic oxidation sites excluding steroid dienone is 1. The quantitative estimate of drug-likeness (QED) is 0.294. The zero-order valence-electron chi connectivity index (χ0n) is 19.2. The lowest BCUT2D eigenvalue weighted by Crippen LogP contribution is -2.14. The van der Waals surface area contributed by atoms with Gasteiger partial charge in [0, 0.05) is 22.9 Å². The molecule has 4 rings (SSSR count). The first-order chi connectivity index (χ1) is 15.9. The van der Waals surface area contributed by atoms with E-state index in [1.54, 1.807) is 0 Å². The SMILES string of the molecule is CC(C)/C=C/c1cc(C(=O)Nc2cccc(OC3CCCC3)c2)cc2ccc(C(=N)N)cc12. The number of benzene rings is 3. The van der Waals surface area contributed by atoms with E-state index in [0.717, 1.165) is 34.9 Å². The third-order valence-corrected chi connectivity index (χ3v) is 5.92. The smallest absolute Gasteiger partial charge is 0.255 e. The number of nitrogens with one attached hydrogen (secondary N) is 2. The third kappa shape index (κ3) is 5.61. The number of carbonyl (C=O) groups is 1. The predicted molar refractivity (Wildman–Crippen MR) is 136 cm³/mol. The fourth-order valence-corrected chi connectivity index (χ4v) is 4.17. The average Bonchev–Trinajstić information content (AvgIpc) is 3.30. The number of amidine groups is 1. The van der Waals surface area contributed by atoms with E-state index in [1.807, 2.05) is 60.7 Å². The molecule has 3 aromatic rings. The standard InChI is InChI=1S/C28H31N3O2/c1-18(2)10-11-19-14-22(15-20-12-13-21(27(29)30)16-26(19)20)28(32)31-23-6-5-9-25(17-23)33-24-7-3-4-8-24/h5-6,9-18,24H,3-4,7-8H2,1-2H3,(H3,29,30)(H,31,32)/b11-10+. The number of ether oxygens (including phenoxy) is 1. The van der Waals surface area contributed by atoms with Gasteiger partial charge in [0.05, 0.1) is 6.10 Å². The van der Waals surface area contributed by atoms with Crippen molar-refractivity contribution in [3.8, 4) is 5.75 Å². The van der Waals surface area contributed by atoms with Gasteiger partial charge in [0.2, 0.25) is 0 Å². The van der Waals surface area contributed by atoms with Crippen molar-refractivity contribution in [2.24, 2.45) is 11.7 Å². The van der Waals surface area contributed by atoms with Crippen LogP contribution in [0.4, 0.5) is 5.69 Å². The summed E-state index contributed by atoms with van der Waals surface area (Å²) in [4.78, 5) is 13.1. The highest BCUT2D eigenvalue weighted by Gasteiger charge is 2.17. The largest absolute Gasteiger partial charge is 0.490 e. The van der Waals surface area contributed by atoms with Gasteiger partial charge in [0.15, 0.2) is 0 Å². The highest BCUT2D eigenvalue weighted by Crippen LogP contribution is 2.27. The molecule has 0 atom stereocenters. The van der Waals surface area contributed by atoms with E-state index in [-0.39, 0.29) is 17.8 Å². The van der Waals surface area contributed by atoms with Crippen LogP contribution in [0.1, 0.15) is 61.0 Å². The predicted octanol–water partition coefficient (Wildman–Crippen LogP) is 6.37. The molecule has 0 aromatic heterocycles. The molecule has 5 heteroatoms. The Kier molecular flexibility index (Phi) is 6.78. The van der Waals surface area contributed by atoms with Crippen LogP contribution in [0.5, 0.6) is 5.75 Å². The van der Waals surface area contributed by atoms with Crippen molar-refractivity contribution < 1.29 is 9.53 Å². The second kappa shape index (κ2) is 9.90. The van der Waals surface area contributed by atoms with Crippen molar-refractivity contribution in [1.82, 2.24) is 0 Å². The van der Waals surface area contributed by atoms with Crippen molar-refractivity contribution in [2.75, 3.05) is 5.32 Å². The number of hydrogen-bond acceptors (Lipinski definition) is 3. The first kappa shape index (κ1) is 22.6. The topological polar surface area (TPSA) is 88.2 Å². The van der Waals surface area contributed by atoms with Gasteiger partial charge >= 0.3 is 0 Å². The van der Waals surface area contributed by atoms with Gasteiger partial charge in [0.25, 0.3) is 5.91 Å². The Morgan fingerprint density at radius 1 is 1.09 bits per heavy atom. The van der Waals surface area contributed by atoms with E-state index in [2.05, 4.69) is 25.2 Å². The minimum Gasteiger partial charge on any atom is -0.490 e. The third-order valence-electron chi connectivity index (χ3n) is 5.92. The maximum atomic E-state index is 13.1. The number of rotatable bonds is 7. The molecule has 1 aliphatic carbocycles. The van der Waals surface area contributed by atoms with Crippen LogP contribution in [0.3, 0.4) is 0 Å². The van der Waals surface area contributed by atoms with Crippen molar-refractivity contribution >= 4 is 34.3 Å². The van der Waals surface area contributed by atoms with Crippen LogP contribution in [0.2, 0.25) is 0 Å². The zero-order valence-corrected chi connectivity index (χ0v) is 19.2. The Labute approximate surface area is 195 Å². The van der Waals surface area contributed by atoms with Gasteiger partial charge in [-0.05, 0) is 78.3 Å². The lowest BCUT2D eigenvalue weighted by Gasteiger charge is -2.14. The number of fused-ring (bicyclic) bond motifs is 1. The minimum absolute atomic E-state index is 0.0252. The zero-order chi connectivity index (χ0) is 23.4. The van der Waals surface area contributed by atoms with Crippen molar-refractivity contribution in [3.05, 3.63) is 77.4 Å². The van der Waals surface area contributed by atoms with Crippen LogP contribution in [-0.4, -0.2) is 17.8 Å². The summed E-state index contributed by atoms with van der Waals surface area (Å²) in [5, 5.41) is 12.7. The maximum Gasteiger partial charge on any atom is 0.255 e. The molecule has 1 saturated carbocycles. The Balaban J connectivity index is 1.62. The summed E-state index contributed by atoms with van der Waals surface area (Å²) in [7, 11) is 0. The molecule has 0 unspecified atom stereocenters. The Bertz CT molecular complexity index is 1210. The first-order valence-corrected chi connectivity index (χ1v) is 11.6. The van der Waals surface area contributed by atoms with E-state index in [1.165, 1.54) is 12.8 Å². The molecule has 0 bridgehead atoms. The molecule has 33 heavy (non-hydrogen) atoms. The number of anilines is 1. The summed E-state index contributed by atoms with van der Waals surface area (Å²) in [5.41, 5.74) is 8.57. The first-order valence-electron chi connectivity index (χ1n) is 11.6. The highest BCUT2D eigenvalue weighted by atomic mass is 16.5. The second-order valence-corrected chi connectivity index (χ2v) is 9.02. The Morgan fingerprint density at radius 2 is 1.88 bits per heavy atom. The van der Waals surface area contributed by atoms with Gasteiger partial charge in [-0.3, -0.25) is 10.2 Å². The molecule has 170 valence electrons. The lowest BCUT2D eigenvalue weighted by atomic mass is 9.97. The van der Waals surface area contributed by atoms with Crippen LogP contribution in [0.15, 0.2) is 60.7 Å². The minimum atomic E-state index is -0.176. The number of carbonyl (C=O) groups excluding carboxylic acids is 1. The van der Waals surface area contributed by atoms with Gasteiger partial charge in [-0.25, -0.2) is 0 Å². The van der Waals surface area contributed by atoms with E-state index < -0.39 is 0 Å². The van der Waals surface area contributed by atoms with Gasteiger partial charge < -0.3 is 15.8 Å². The number of nitrogens with two attached hydrogens (primary N) is 1. The highest BCUT2D eigenvalue weighted by molar-refractivity contribution is 6.09. The van der Waals surface area contributed by atoms with Crippen LogP contribution >= 0.6 is 0 Å². The molecule has 1 amide bonds. The van der Waals surface area contributed by atoms with Crippen molar-refractivity contribution in [1.29, 1.82) is 5.41 Å². The molecule has 1 aliphatic rings. The molecule has 0 saturated heterocycles. The van der Waals surface area contributed by atoms with E-state index in [0.29, 0.717) is 22.7 Å². The van der Waals surface area contributed by atoms with Gasteiger partial charge in [-0.15, -0.1) is 0 Å². The monoisotopic (exact) mass is 441 g/mol. The van der Waals surface area contributed by atoms with E-state index in [4.69, 9.17) is 15.9 Å². The molecule has 0 radical (unpaired) electrons. The van der Waals surface area contributed by atoms with Gasteiger partial charge in [0.1, 0.15) is 11.6 Å². The van der Waals surface area contributed by atoms with Gasteiger partial charge in [-0.1, -0.05) is 44.2 Å². The fraction of sp³-hybridized carbons (Fsp3) is 0.286. The van der Waals surface area contributed by atoms with Crippen molar-refractivity contribution in [3.63, 3.8) is 0 Å². The molecule has 1 fully saturated rings. The summed E-state index contributed by atoms with van der Waals surface area (Å²) < 4.78 is 6.08. The maximum absolute atomic E-state index is 13.1. The molecular weight excluding hydrogens is 410 g/mol. The Morgan fingerprint density at radius 3 is 2.61 bits per heavy atom. The van der Waals surface area contributed by atoms with Crippen LogP contribution in [0, 0.1) is 11.3 Å². The van der Waals surface area contributed by atoms with Crippen LogP contribution in [0.25, 0.3) is 16.8 Å². The summed E-state index contributed by atoms with van der Waals surface area (Å²) in [5.74, 6) is 1.01. The summed E-state index contributed by atoms with van der Waals surface area (Å²) in [6.07, 6.45) is 9.00. The van der Waals surface area contributed by atoms with Gasteiger partial charge in [-0.2, -0.15) is 0 Å². The Hall–Kier alpha value is -3.60. The summed E-state index contributed by atoms with van der Waals surface area (Å²) in [6, 6.07) is 17.0. The van der Waals surface area contributed by atoms with Crippen molar-refractivity contribution in [2.45, 2.75) is 45.6 Å². The average molecular weight is 442 g/mol. The molecule has 0 heterocycles. The normalized spacial score (nSPS) is 14.3. The molecule has 4 N–H and O–H groups in total. The molecule has 0 spiro atoms. The molecule has 3 aromatic carbocycles. The van der Waals surface area contributed by atoms with E-state index >= 15 is 0 Å². The molecule has 0 aliphatic heterocycles. The van der Waals surface area contributed by atoms with E-state index in [9.17, 15) is 4.79 Å². The number of nitrogen functional groups attached to an aromatic ring is 1. The molecular formula is C28H31N3O2.